The lowest BCUT2D eigenvalue weighted by Crippen LogP contribution is -2.23. The molecule has 1 heterocycles. The molecule has 23 heavy (non-hydrogen) atoms. The fourth-order valence-corrected chi connectivity index (χ4v) is 2.35. The van der Waals surface area contributed by atoms with Crippen LogP contribution in [-0.2, 0) is 14.9 Å². The Morgan fingerprint density at radius 2 is 1.83 bits per heavy atom. The molecule has 0 amide bonds. The molecule has 0 aliphatic carbocycles. The molecular weight excluding hydrogens is 288 g/mol. The maximum atomic E-state index is 12.2. The summed E-state index contributed by atoms with van der Waals surface area (Å²) in [6.45, 7) is 8.44. The Kier molecular flexibility index (Phi) is 5.04. The zero-order chi connectivity index (χ0) is 17.0. The average Bonchev–Trinajstić information content (AvgIpc) is 2.53. The van der Waals surface area contributed by atoms with Gasteiger partial charge in [0.25, 0.3) is 0 Å². The minimum Gasteiger partial charge on any atom is -0.467 e. The van der Waals surface area contributed by atoms with Crippen molar-refractivity contribution in [1.29, 1.82) is 0 Å². The van der Waals surface area contributed by atoms with Crippen molar-refractivity contribution in [1.82, 2.24) is 4.98 Å². The minimum atomic E-state index is -0.581. The van der Waals surface area contributed by atoms with Gasteiger partial charge in [0, 0.05) is 6.20 Å². The van der Waals surface area contributed by atoms with E-state index in [1.807, 2.05) is 31.2 Å². The number of pyridine rings is 1. The number of carbonyl (C=O) groups excluding carboxylic acids is 1. The molecular formula is C19H24N2O2. The summed E-state index contributed by atoms with van der Waals surface area (Å²) in [5, 5.41) is 3.19. The number of hydrogen-bond acceptors (Lipinski definition) is 4. The van der Waals surface area contributed by atoms with Crippen LogP contribution in [0.3, 0.4) is 0 Å². The topological polar surface area (TPSA) is 51.2 Å². The normalized spacial score (nSPS) is 12.6. The van der Waals surface area contributed by atoms with Crippen molar-refractivity contribution in [3.05, 3.63) is 59.3 Å². The van der Waals surface area contributed by atoms with Crippen LogP contribution in [0.15, 0.2) is 42.6 Å². The van der Waals surface area contributed by atoms with E-state index in [0.29, 0.717) is 5.82 Å². The fraction of sp³-hybridized carbons (Fsp3) is 0.368. The van der Waals surface area contributed by atoms with Crippen molar-refractivity contribution in [3.8, 4) is 0 Å². The largest absolute Gasteiger partial charge is 0.467 e. The lowest BCUT2D eigenvalue weighted by Gasteiger charge is -2.22. The molecule has 0 radical (unpaired) electrons. The van der Waals surface area contributed by atoms with Crippen LogP contribution in [0.4, 0.5) is 5.82 Å². The number of aromatic nitrogens is 1. The summed E-state index contributed by atoms with van der Waals surface area (Å²) in [5.41, 5.74) is 3.13. The first-order valence-electron chi connectivity index (χ1n) is 7.69. The van der Waals surface area contributed by atoms with Gasteiger partial charge >= 0.3 is 5.97 Å². The molecule has 0 spiro atoms. The highest BCUT2D eigenvalue weighted by Gasteiger charge is 2.23. The van der Waals surface area contributed by atoms with E-state index in [1.54, 1.807) is 6.20 Å². The van der Waals surface area contributed by atoms with E-state index in [9.17, 15) is 4.79 Å². The first-order chi connectivity index (χ1) is 10.8. The van der Waals surface area contributed by atoms with Crippen LogP contribution < -0.4 is 5.32 Å². The molecule has 0 saturated heterocycles. The highest BCUT2D eigenvalue weighted by atomic mass is 16.5. The van der Waals surface area contributed by atoms with Gasteiger partial charge in [-0.3, -0.25) is 0 Å². The summed E-state index contributed by atoms with van der Waals surface area (Å²) in [6, 6.07) is 11.3. The van der Waals surface area contributed by atoms with E-state index in [0.717, 1.165) is 11.1 Å². The van der Waals surface area contributed by atoms with Gasteiger partial charge in [-0.25, -0.2) is 9.78 Å². The van der Waals surface area contributed by atoms with E-state index in [1.165, 1.54) is 12.7 Å². The number of methoxy groups -OCH3 is 1. The van der Waals surface area contributed by atoms with Gasteiger partial charge in [-0.2, -0.15) is 0 Å². The Hall–Kier alpha value is -2.36. The number of carbonyl (C=O) groups is 1. The van der Waals surface area contributed by atoms with Gasteiger partial charge in [-0.05, 0) is 35.1 Å². The highest BCUT2D eigenvalue weighted by Crippen LogP contribution is 2.26. The molecule has 0 aliphatic heterocycles. The van der Waals surface area contributed by atoms with Crippen LogP contribution >= 0.6 is 0 Å². The maximum Gasteiger partial charge on any atom is 0.333 e. The van der Waals surface area contributed by atoms with Crippen LogP contribution in [0.5, 0.6) is 0 Å². The highest BCUT2D eigenvalue weighted by molar-refractivity contribution is 5.81. The number of nitrogens with zero attached hydrogens (tertiary/aromatic N) is 1. The zero-order valence-electron chi connectivity index (χ0n) is 14.4. The number of anilines is 1. The second-order valence-electron chi connectivity index (χ2n) is 6.64. The quantitative estimate of drug-likeness (QED) is 0.867. The number of rotatable bonds is 4. The van der Waals surface area contributed by atoms with E-state index >= 15 is 0 Å². The maximum absolute atomic E-state index is 12.2. The van der Waals surface area contributed by atoms with Crippen molar-refractivity contribution in [2.24, 2.45) is 0 Å². The lowest BCUT2D eigenvalue weighted by molar-refractivity contribution is -0.141. The van der Waals surface area contributed by atoms with E-state index < -0.39 is 6.04 Å². The van der Waals surface area contributed by atoms with Crippen LogP contribution in [0, 0.1) is 6.92 Å². The Labute approximate surface area is 137 Å². The summed E-state index contributed by atoms with van der Waals surface area (Å²) in [7, 11) is 1.39. The van der Waals surface area contributed by atoms with Gasteiger partial charge in [0.1, 0.15) is 5.82 Å². The van der Waals surface area contributed by atoms with Gasteiger partial charge in [-0.1, -0.05) is 51.1 Å². The van der Waals surface area contributed by atoms with Crippen molar-refractivity contribution in [2.75, 3.05) is 12.4 Å². The van der Waals surface area contributed by atoms with Crippen molar-refractivity contribution < 1.29 is 9.53 Å². The lowest BCUT2D eigenvalue weighted by atomic mass is 9.86. The molecule has 4 heteroatoms. The average molecular weight is 312 g/mol. The first kappa shape index (κ1) is 17.0. The van der Waals surface area contributed by atoms with Gasteiger partial charge in [-0.15, -0.1) is 0 Å². The van der Waals surface area contributed by atoms with E-state index in [4.69, 9.17) is 4.74 Å². The van der Waals surface area contributed by atoms with Crippen molar-refractivity contribution >= 4 is 11.8 Å². The number of hydrogen-bond donors (Lipinski definition) is 1. The molecule has 4 nitrogen and oxygen atoms in total. The van der Waals surface area contributed by atoms with Gasteiger partial charge in [0.2, 0.25) is 0 Å². The van der Waals surface area contributed by atoms with Crippen molar-refractivity contribution in [2.45, 2.75) is 39.2 Å². The van der Waals surface area contributed by atoms with Crippen LogP contribution in [0.25, 0.3) is 0 Å². The molecule has 122 valence electrons. The number of benzene rings is 1. The third-order valence-electron chi connectivity index (χ3n) is 3.84. The van der Waals surface area contributed by atoms with Crippen molar-refractivity contribution in [3.63, 3.8) is 0 Å². The molecule has 0 fully saturated rings. The Morgan fingerprint density at radius 3 is 2.35 bits per heavy atom. The predicted octanol–water partition coefficient (Wildman–Crippen LogP) is 4.01. The van der Waals surface area contributed by atoms with Gasteiger partial charge < -0.3 is 10.1 Å². The molecule has 1 aromatic carbocycles. The van der Waals surface area contributed by atoms with Crippen LogP contribution in [0.2, 0.25) is 0 Å². The fourth-order valence-electron chi connectivity index (χ4n) is 2.35. The molecule has 1 aromatic heterocycles. The summed E-state index contributed by atoms with van der Waals surface area (Å²) in [4.78, 5) is 16.5. The monoisotopic (exact) mass is 312 g/mol. The molecule has 2 rings (SSSR count). The summed E-state index contributed by atoms with van der Waals surface area (Å²) in [5.74, 6) is 0.348. The smallest absolute Gasteiger partial charge is 0.333 e. The standard InChI is InChI=1S/C19H24N2O2/c1-13-7-6-12-20-17(13)21-16(18(22)23-5)14-8-10-15(11-9-14)19(2,3)4/h6-12,16H,1-5H3,(H,20,21). The predicted molar refractivity (Wildman–Crippen MR) is 92.5 cm³/mol. The minimum absolute atomic E-state index is 0.0737. The third kappa shape index (κ3) is 4.09. The molecule has 1 atom stereocenters. The number of ether oxygens (including phenoxy) is 1. The Morgan fingerprint density at radius 1 is 1.17 bits per heavy atom. The van der Waals surface area contributed by atoms with Crippen LogP contribution in [-0.4, -0.2) is 18.1 Å². The van der Waals surface area contributed by atoms with Gasteiger partial charge in [0.15, 0.2) is 6.04 Å². The number of nitrogens with one attached hydrogen (secondary N) is 1. The number of esters is 1. The molecule has 0 saturated carbocycles. The molecule has 1 N–H and O–H groups in total. The number of aryl methyl sites for hydroxylation is 1. The molecule has 0 aliphatic rings. The second-order valence-corrected chi connectivity index (χ2v) is 6.64. The van der Waals surface area contributed by atoms with Crippen LogP contribution in [0.1, 0.15) is 43.5 Å². The SMILES string of the molecule is COC(=O)C(Nc1ncccc1C)c1ccc(C(C)(C)C)cc1. The zero-order valence-corrected chi connectivity index (χ0v) is 14.4. The summed E-state index contributed by atoms with van der Waals surface area (Å²) >= 11 is 0. The molecule has 1 unspecified atom stereocenters. The summed E-state index contributed by atoms with van der Waals surface area (Å²) < 4.78 is 4.95. The third-order valence-corrected chi connectivity index (χ3v) is 3.84. The Balaban J connectivity index is 2.32. The second kappa shape index (κ2) is 6.82. The van der Waals surface area contributed by atoms with E-state index in [-0.39, 0.29) is 11.4 Å². The molecule has 2 aromatic rings. The Bertz CT molecular complexity index is 673. The molecule has 0 bridgehead atoms. The first-order valence-corrected chi connectivity index (χ1v) is 7.69. The van der Waals surface area contributed by atoms with Gasteiger partial charge in [0.05, 0.1) is 7.11 Å². The summed E-state index contributed by atoms with van der Waals surface area (Å²) in [6.07, 6.45) is 1.70. The van der Waals surface area contributed by atoms with E-state index in [2.05, 4.69) is 43.2 Å².